The van der Waals surface area contributed by atoms with Gasteiger partial charge in [0.2, 0.25) is 5.91 Å². The van der Waals surface area contributed by atoms with Gasteiger partial charge in [0.25, 0.3) is 0 Å². The molecule has 98 valence electrons. The van der Waals surface area contributed by atoms with Crippen LogP contribution in [0.25, 0.3) is 0 Å². The van der Waals surface area contributed by atoms with E-state index in [0.29, 0.717) is 19.7 Å². The van der Waals surface area contributed by atoms with Crippen LogP contribution >= 0.6 is 15.9 Å². The van der Waals surface area contributed by atoms with Crippen molar-refractivity contribution in [3.8, 4) is 0 Å². The van der Waals surface area contributed by atoms with Gasteiger partial charge in [-0.2, -0.15) is 0 Å². The molecule has 18 heavy (non-hydrogen) atoms. The summed E-state index contributed by atoms with van der Waals surface area (Å²) < 4.78 is 6.31. The minimum absolute atomic E-state index is 0.0414. The van der Waals surface area contributed by atoms with Crippen molar-refractivity contribution in [3.63, 3.8) is 0 Å². The van der Waals surface area contributed by atoms with Gasteiger partial charge in [0.1, 0.15) is 6.61 Å². The predicted molar refractivity (Wildman–Crippen MR) is 73.0 cm³/mol. The molecule has 5 heteroatoms. The third kappa shape index (κ3) is 3.31. The highest BCUT2D eigenvalue weighted by atomic mass is 79.9. The van der Waals surface area contributed by atoms with Gasteiger partial charge in [0, 0.05) is 11.0 Å². The summed E-state index contributed by atoms with van der Waals surface area (Å²) in [5, 5.41) is 0. The van der Waals surface area contributed by atoms with E-state index in [1.54, 1.807) is 0 Å². The van der Waals surface area contributed by atoms with E-state index in [4.69, 9.17) is 10.5 Å². The number of benzene rings is 1. The Morgan fingerprint density at radius 3 is 3.06 bits per heavy atom. The zero-order valence-corrected chi connectivity index (χ0v) is 11.7. The van der Waals surface area contributed by atoms with Crippen LogP contribution in [0.5, 0.6) is 0 Å². The van der Waals surface area contributed by atoms with Gasteiger partial charge in [-0.1, -0.05) is 28.1 Å². The molecule has 0 bridgehead atoms. The van der Waals surface area contributed by atoms with Crippen molar-refractivity contribution in [3.05, 3.63) is 34.3 Å². The van der Waals surface area contributed by atoms with Crippen molar-refractivity contribution in [1.82, 2.24) is 4.90 Å². The number of rotatable bonds is 4. The normalized spacial score (nSPS) is 20.2. The van der Waals surface area contributed by atoms with Gasteiger partial charge in [0.05, 0.1) is 12.6 Å². The van der Waals surface area contributed by atoms with Crippen molar-refractivity contribution in [1.29, 1.82) is 0 Å². The molecule has 2 rings (SSSR count). The first-order valence-corrected chi connectivity index (χ1v) is 6.81. The molecule has 1 unspecified atom stereocenters. The number of carbonyl (C=O) groups excluding carboxylic acids is 1. The van der Waals surface area contributed by atoms with Crippen LogP contribution in [-0.2, 0) is 16.1 Å². The predicted octanol–water partition coefficient (Wildman–Crippen LogP) is 1.53. The van der Waals surface area contributed by atoms with Crippen LogP contribution in [0.3, 0.4) is 0 Å². The van der Waals surface area contributed by atoms with E-state index in [0.717, 1.165) is 16.5 Å². The topological polar surface area (TPSA) is 55.6 Å². The summed E-state index contributed by atoms with van der Waals surface area (Å²) >= 11 is 3.44. The SMILES string of the molecule is NCCC1COCC(=O)N1Cc1cccc(Br)c1. The second kappa shape index (κ2) is 6.31. The molecule has 1 aromatic rings. The van der Waals surface area contributed by atoms with Gasteiger partial charge in [-0.25, -0.2) is 0 Å². The number of ether oxygens (including phenoxy) is 1. The molecule has 1 amide bonds. The number of halogens is 1. The van der Waals surface area contributed by atoms with Crippen LogP contribution in [0.4, 0.5) is 0 Å². The van der Waals surface area contributed by atoms with Crippen LogP contribution in [0.1, 0.15) is 12.0 Å². The summed E-state index contributed by atoms with van der Waals surface area (Å²) in [5.41, 5.74) is 6.70. The fourth-order valence-corrected chi connectivity index (χ4v) is 2.59. The van der Waals surface area contributed by atoms with Crippen LogP contribution in [0.2, 0.25) is 0 Å². The first kappa shape index (κ1) is 13.5. The number of nitrogens with two attached hydrogens (primary N) is 1. The molecule has 0 aliphatic carbocycles. The summed E-state index contributed by atoms with van der Waals surface area (Å²) in [6.45, 7) is 1.94. The summed E-state index contributed by atoms with van der Waals surface area (Å²) in [7, 11) is 0. The van der Waals surface area contributed by atoms with Crippen molar-refractivity contribution in [2.75, 3.05) is 19.8 Å². The number of morpholine rings is 1. The summed E-state index contributed by atoms with van der Waals surface area (Å²) in [6, 6.07) is 8.09. The molecule has 1 saturated heterocycles. The molecular weight excluding hydrogens is 296 g/mol. The number of carbonyl (C=O) groups is 1. The Morgan fingerprint density at radius 1 is 1.50 bits per heavy atom. The maximum atomic E-state index is 11.9. The Balaban J connectivity index is 2.10. The van der Waals surface area contributed by atoms with Gasteiger partial charge >= 0.3 is 0 Å². The van der Waals surface area contributed by atoms with E-state index in [2.05, 4.69) is 15.9 Å². The van der Waals surface area contributed by atoms with Crippen LogP contribution in [0.15, 0.2) is 28.7 Å². The first-order chi connectivity index (χ1) is 8.70. The fraction of sp³-hybridized carbons (Fsp3) is 0.462. The van der Waals surface area contributed by atoms with E-state index < -0.39 is 0 Å². The summed E-state index contributed by atoms with van der Waals surface area (Å²) in [5.74, 6) is 0.0414. The van der Waals surface area contributed by atoms with Gasteiger partial charge < -0.3 is 15.4 Å². The second-order valence-electron chi connectivity index (χ2n) is 4.40. The maximum absolute atomic E-state index is 11.9. The molecule has 4 nitrogen and oxygen atoms in total. The van der Waals surface area contributed by atoms with E-state index >= 15 is 0 Å². The number of hydrogen-bond acceptors (Lipinski definition) is 3. The highest BCUT2D eigenvalue weighted by Gasteiger charge is 2.27. The Hall–Kier alpha value is -0.910. The molecule has 1 heterocycles. The molecule has 0 spiro atoms. The molecule has 1 fully saturated rings. The zero-order chi connectivity index (χ0) is 13.0. The van der Waals surface area contributed by atoms with Crippen molar-refractivity contribution >= 4 is 21.8 Å². The number of amides is 1. The van der Waals surface area contributed by atoms with Crippen molar-refractivity contribution < 1.29 is 9.53 Å². The Bertz CT molecular complexity index is 423. The molecule has 1 atom stereocenters. The quantitative estimate of drug-likeness (QED) is 0.917. The second-order valence-corrected chi connectivity index (χ2v) is 5.31. The lowest BCUT2D eigenvalue weighted by Crippen LogP contribution is -2.49. The molecule has 1 aromatic carbocycles. The molecule has 1 aliphatic rings. The first-order valence-electron chi connectivity index (χ1n) is 6.02. The average Bonchev–Trinajstić information content (AvgIpc) is 2.34. The highest BCUT2D eigenvalue weighted by molar-refractivity contribution is 9.10. The minimum Gasteiger partial charge on any atom is -0.369 e. The van der Waals surface area contributed by atoms with Gasteiger partial charge in [-0.15, -0.1) is 0 Å². The molecule has 0 radical (unpaired) electrons. The Morgan fingerprint density at radius 2 is 2.33 bits per heavy atom. The summed E-state index contributed by atoms with van der Waals surface area (Å²) in [6.07, 6.45) is 0.778. The molecule has 0 aromatic heterocycles. The lowest BCUT2D eigenvalue weighted by atomic mass is 10.1. The maximum Gasteiger partial charge on any atom is 0.249 e. The largest absolute Gasteiger partial charge is 0.369 e. The minimum atomic E-state index is 0.0414. The van der Waals surface area contributed by atoms with E-state index in [-0.39, 0.29) is 18.6 Å². The lowest BCUT2D eigenvalue weighted by Gasteiger charge is -2.35. The van der Waals surface area contributed by atoms with E-state index in [9.17, 15) is 4.79 Å². The van der Waals surface area contributed by atoms with Gasteiger partial charge in [-0.3, -0.25) is 4.79 Å². The average molecular weight is 313 g/mol. The van der Waals surface area contributed by atoms with Crippen LogP contribution < -0.4 is 5.73 Å². The third-order valence-corrected chi connectivity index (χ3v) is 3.53. The third-order valence-electron chi connectivity index (χ3n) is 3.04. The fourth-order valence-electron chi connectivity index (χ4n) is 2.14. The molecule has 2 N–H and O–H groups in total. The monoisotopic (exact) mass is 312 g/mol. The molecular formula is C13H17BrN2O2. The molecule has 0 saturated carbocycles. The number of hydrogen-bond donors (Lipinski definition) is 1. The van der Waals surface area contributed by atoms with Gasteiger partial charge in [0.15, 0.2) is 0 Å². The van der Waals surface area contributed by atoms with Gasteiger partial charge in [-0.05, 0) is 30.7 Å². The van der Waals surface area contributed by atoms with E-state index in [1.165, 1.54) is 0 Å². The van der Waals surface area contributed by atoms with Crippen molar-refractivity contribution in [2.45, 2.75) is 19.0 Å². The molecule has 1 aliphatic heterocycles. The lowest BCUT2D eigenvalue weighted by molar-refractivity contribution is -0.149. The Labute approximate surface area is 115 Å². The zero-order valence-electron chi connectivity index (χ0n) is 10.1. The highest BCUT2D eigenvalue weighted by Crippen LogP contribution is 2.18. The van der Waals surface area contributed by atoms with Crippen LogP contribution in [-0.4, -0.2) is 36.6 Å². The Kier molecular flexibility index (Phi) is 4.74. The van der Waals surface area contributed by atoms with E-state index in [1.807, 2.05) is 29.2 Å². The standard InChI is InChI=1S/C13H17BrN2O2/c14-11-3-1-2-10(6-11)7-16-12(4-5-15)8-18-9-13(16)17/h1-3,6,12H,4-5,7-9,15H2. The smallest absolute Gasteiger partial charge is 0.249 e. The summed E-state index contributed by atoms with van der Waals surface area (Å²) in [4.78, 5) is 13.8. The van der Waals surface area contributed by atoms with Crippen LogP contribution in [0, 0.1) is 0 Å². The van der Waals surface area contributed by atoms with Crippen molar-refractivity contribution in [2.24, 2.45) is 5.73 Å². The number of nitrogens with zero attached hydrogens (tertiary/aromatic N) is 1.